The fourth-order valence-electron chi connectivity index (χ4n) is 1.92. The van der Waals surface area contributed by atoms with Crippen LogP contribution in [-0.2, 0) is 0 Å². The van der Waals surface area contributed by atoms with Crippen LogP contribution in [0.3, 0.4) is 0 Å². The SMILES string of the molecule is OC(CSc1ncnc2[nH]cnc12)c1c(F)cccc1Cl. The highest BCUT2D eigenvalue weighted by Crippen LogP contribution is 2.31. The second kappa shape index (κ2) is 5.97. The van der Waals surface area contributed by atoms with Gasteiger partial charge < -0.3 is 10.1 Å². The number of hydrogen-bond donors (Lipinski definition) is 2. The van der Waals surface area contributed by atoms with Crippen molar-refractivity contribution in [3.63, 3.8) is 0 Å². The molecule has 0 amide bonds. The third-order valence-corrected chi connectivity index (χ3v) is 4.28. The monoisotopic (exact) mass is 324 g/mol. The maximum Gasteiger partial charge on any atom is 0.161 e. The molecule has 2 heterocycles. The van der Waals surface area contributed by atoms with Crippen LogP contribution in [0.15, 0.2) is 35.9 Å². The van der Waals surface area contributed by atoms with E-state index in [0.717, 1.165) is 0 Å². The quantitative estimate of drug-likeness (QED) is 0.570. The number of imidazole rings is 1. The lowest BCUT2D eigenvalue weighted by atomic mass is 10.1. The Morgan fingerprint density at radius 1 is 1.33 bits per heavy atom. The van der Waals surface area contributed by atoms with Gasteiger partial charge in [-0.1, -0.05) is 17.7 Å². The summed E-state index contributed by atoms with van der Waals surface area (Å²) < 4.78 is 13.7. The Morgan fingerprint density at radius 3 is 3.00 bits per heavy atom. The molecule has 21 heavy (non-hydrogen) atoms. The number of aliphatic hydroxyl groups excluding tert-OH is 1. The molecule has 2 N–H and O–H groups in total. The van der Waals surface area contributed by atoms with E-state index < -0.39 is 11.9 Å². The summed E-state index contributed by atoms with van der Waals surface area (Å²) in [5.74, 6) is -0.317. The summed E-state index contributed by atoms with van der Waals surface area (Å²) in [4.78, 5) is 15.1. The van der Waals surface area contributed by atoms with E-state index in [2.05, 4.69) is 19.9 Å². The van der Waals surface area contributed by atoms with Gasteiger partial charge in [0, 0.05) is 16.3 Å². The number of H-pyrrole nitrogens is 1. The molecule has 0 radical (unpaired) electrons. The molecule has 1 atom stereocenters. The van der Waals surface area contributed by atoms with Crippen LogP contribution in [-0.4, -0.2) is 30.8 Å². The van der Waals surface area contributed by atoms with E-state index in [0.29, 0.717) is 16.2 Å². The first kappa shape index (κ1) is 14.2. The van der Waals surface area contributed by atoms with Crippen molar-refractivity contribution in [2.75, 3.05) is 5.75 Å². The van der Waals surface area contributed by atoms with Gasteiger partial charge in [-0.05, 0) is 12.1 Å². The third kappa shape index (κ3) is 2.85. The summed E-state index contributed by atoms with van der Waals surface area (Å²) in [6.45, 7) is 0. The van der Waals surface area contributed by atoms with Gasteiger partial charge in [0.05, 0.1) is 12.4 Å². The van der Waals surface area contributed by atoms with Gasteiger partial charge in [0.1, 0.15) is 22.7 Å². The summed E-state index contributed by atoms with van der Waals surface area (Å²) in [5, 5.41) is 11.0. The first-order valence-electron chi connectivity index (χ1n) is 6.05. The maximum absolute atomic E-state index is 13.7. The molecular weight excluding hydrogens is 315 g/mol. The molecule has 8 heteroatoms. The van der Waals surface area contributed by atoms with Gasteiger partial charge in [-0.15, -0.1) is 11.8 Å². The Balaban J connectivity index is 1.80. The van der Waals surface area contributed by atoms with Crippen molar-refractivity contribution in [1.82, 2.24) is 19.9 Å². The van der Waals surface area contributed by atoms with Crippen molar-refractivity contribution < 1.29 is 9.50 Å². The Kier molecular flexibility index (Phi) is 4.05. The number of benzene rings is 1. The lowest BCUT2D eigenvalue weighted by molar-refractivity contribution is 0.199. The minimum Gasteiger partial charge on any atom is -0.387 e. The van der Waals surface area contributed by atoms with E-state index in [1.165, 1.54) is 36.5 Å². The third-order valence-electron chi connectivity index (χ3n) is 2.89. The van der Waals surface area contributed by atoms with Crippen LogP contribution in [0.2, 0.25) is 5.02 Å². The molecule has 0 saturated carbocycles. The zero-order valence-corrected chi connectivity index (χ0v) is 12.2. The molecule has 0 aliphatic heterocycles. The molecule has 1 aromatic carbocycles. The molecule has 0 fully saturated rings. The van der Waals surface area contributed by atoms with Gasteiger partial charge in [-0.3, -0.25) is 0 Å². The van der Waals surface area contributed by atoms with Gasteiger partial charge in [-0.2, -0.15) is 0 Å². The number of nitrogens with one attached hydrogen (secondary N) is 1. The predicted octanol–water partition coefficient (Wildman–Crippen LogP) is 2.97. The van der Waals surface area contributed by atoms with Crippen LogP contribution in [0, 0.1) is 5.82 Å². The van der Waals surface area contributed by atoms with Gasteiger partial charge in [0.2, 0.25) is 0 Å². The number of aromatic nitrogens is 4. The minimum absolute atomic E-state index is 0.0963. The minimum atomic E-state index is -1.03. The summed E-state index contributed by atoms with van der Waals surface area (Å²) in [6, 6.07) is 4.31. The molecule has 108 valence electrons. The number of hydrogen-bond acceptors (Lipinski definition) is 5. The fourth-order valence-corrected chi connectivity index (χ4v) is 3.10. The molecule has 0 spiro atoms. The number of nitrogens with zero attached hydrogens (tertiary/aromatic N) is 3. The first-order chi connectivity index (χ1) is 10.2. The Labute approximate surface area is 128 Å². The van der Waals surface area contributed by atoms with Gasteiger partial charge in [0.25, 0.3) is 0 Å². The van der Waals surface area contributed by atoms with Crippen LogP contribution < -0.4 is 0 Å². The van der Waals surface area contributed by atoms with Crippen LogP contribution in [0.25, 0.3) is 11.2 Å². The number of aliphatic hydroxyl groups is 1. The average Bonchev–Trinajstić information content (AvgIpc) is 2.93. The van der Waals surface area contributed by atoms with E-state index in [1.54, 1.807) is 6.07 Å². The van der Waals surface area contributed by atoms with Crippen LogP contribution in [0.4, 0.5) is 4.39 Å². The van der Waals surface area contributed by atoms with Crippen molar-refractivity contribution >= 4 is 34.5 Å². The Morgan fingerprint density at radius 2 is 2.19 bits per heavy atom. The molecule has 0 saturated heterocycles. The molecule has 0 bridgehead atoms. The van der Waals surface area contributed by atoms with Gasteiger partial charge in [-0.25, -0.2) is 19.3 Å². The number of thioether (sulfide) groups is 1. The highest BCUT2D eigenvalue weighted by molar-refractivity contribution is 7.99. The zero-order valence-electron chi connectivity index (χ0n) is 10.6. The summed E-state index contributed by atoms with van der Waals surface area (Å²) in [7, 11) is 0. The smallest absolute Gasteiger partial charge is 0.161 e. The van der Waals surface area contributed by atoms with E-state index in [1.807, 2.05) is 0 Å². The lowest BCUT2D eigenvalue weighted by Gasteiger charge is -2.13. The number of aromatic amines is 1. The van der Waals surface area contributed by atoms with Crippen molar-refractivity contribution in [3.05, 3.63) is 47.3 Å². The van der Waals surface area contributed by atoms with Crippen molar-refractivity contribution in [3.8, 4) is 0 Å². The van der Waals surface area contributed by atoms with Crippen LogP contribution in [0.5, 0.6) is 0 Å². The largest absolute Gasteiger partial charge is 0.387 e. The first-order valence-corrected chi connectivity index (χ1v) is 7.42. The van der Waals surface area contributed by atoms with Crippen LogP contribution >= 0.6 is 23.4 Å². The second-order valence-corrected chi connectivity index (χ2v) is 5.66. The molecule has 3 aromatic rings. The molecule has 0 aliphatic rings. The van der Waals surface area contributed by atoms with Gasteiger partial charge in [0.15, 0.2) is 5.65 Å². The highest BCUT2D eigenvalue weighted by atomic mass is 35.5. The predicted molar refractivity (Wildman–Crippen MR) is 78.8 cm³/mol. The topological polar surface area (TPSA) is 74.7 Å². The summed E-state index contributed by atoms with van der Waals surface area (Å²) >= 11 is 7.20. The highest BCUT2D eigenvalue weighted by Gasteiger charge is 2.18. The van der Waals surface area contributed by atoms with Gasteiger partial charge >= 0.3 is 0 Å². The summed E-state index contributed by atoms with van der Waals surface area (Å²) in [5.41, 5.74) is 1.33. The summed E-state index contributed by atoms with van der Waals surface area (Å²) in [6.07, 6.45) is 1.89. The Bertz CT molecular complexity index is 761. The normalized spacial score (nSPS) is 12.7. The zero-order chi connectivity index (χ0) is 14.8. The number of fused-ring (bicyclic) bond motifs is 1. The lowest BCUT2D eigenvalue weighted by Crippen LogP contribution is -2.05. The number of halogens is 2. The van der Waals surface area contributed by atoms with E-state index in [4.69, 9.17) is 11.6 Å². The van der Waals surface area contributed by atoms with Crippen molar-refractivity contribution in [2.24, 2.45) is 0 Å². The molecule has 5 nitrogen and oxygen atoms in total. The molecule has 0 aliphatic carbocycles. The second-order valence-electron chi connectivity index (χ2n) is 4.24. The molecule has 3 rings (SSSR count). The molecule has 2 aromatic heterocycles. The van der Waals surface area contributed by atoms with Crippen molar-refractivity contribution in [1.29, 1.82) is 0 Å². The van der Waals surface area contributed by atoms with E-state index in [9.17, 15) is 9.50 Å². The average molecular weight is 325 g/mol. The fraction of sp³-hybridized carbons (Fsp3) is 0.154. The maximum atomic E-state index is 13.7. The standard InChI is InChI=1S/C13H10ClFN4OS/c14-7-2-1-3-8(15)10(7)9(20)4-21-13-11-12(17-5-16-11)18-6-19-13/h1-3,5-6,9,20H,4H2,(H,16,17,18,19). The van der Waals surface area contributed by atoms with E-state index >= 15 is 0 Å². The Hall–Kier alpha value is -1.70. The van der Waals surface area contributed by atoms with E-state index in [-0.39, 0.29) is 16.3 Å². The van der Waals surface area contributed by atoms with Crippen molar-refractivity contribution in [2.45, 2.75) is 11.1 Å². The molecular formula is C13H10ClFN4OS. The molecule has 1 unspecified atom stereocenters. The van der Waals surface area contributed by atoms with Crippen LogP contribution in [0.1, 0.15) is 11.7 Å². The number of rotatable bonds is 4.